The van der Waals surface area contributed by atoms with E-state index >= 15 is 0 Å². The standard InChI is InChI=1S/C10H9NO2/c11-6-7-5-10(12)13-9-4-2-1-3-8(7)9/h1-5H,6,11H2. The lowest BCUT2D eigenvalue weighted by atomic mass is 10.1. The lowest BCUT2D eigenvalue weighted by Crippen LogP contribution is -2.04. The second kappa shape index (κ2) is 3.03. The van der Waals surface area contributed by atoms with Gasteiger partial charge in [0.2, 0.25) is 0 Å². The summed E-state index contributed by atoms with van der Waals surface area (Å²) < 4.78 is 4.99. The van der Waals surface area contributed by atoms with Crippen LogP contribution < -0.4 is 11.4 Å². The van der Waals surface area contributed by atoms with Crippen LogP contribution in [0.25, 0.3) is 11.0 Å². The summed E-state index contributed by atoms with van der Waals surface area (Å²) >= 11 is 0. The highest BCUT2D eigenvalue weighted by atomic mass is 16.4. The largest absolute Gasteiger partial charge is 0.423 e. The molecule has 66 valence electrons. The van der Waals surface area contributed by atoms with Crippen LogP contribution in [0.15, 0.2) is 39.5 Å². The molecule has 0 fully saturated rings. The first-order chi connectivity index (χ1) is 6.31. The Morgan fingerprint density at radius 2 is 2.08 bits per heavy atom. The van der Waals surface area contributed by atoms with E-state index in [1.54, 1.807) is 6.07 Å². The molecule has 0 bridgehead atoms. The summed E-state index contributed by atoms with van der Waals surface area (Å²) in [4.78, 5) is 11.0. The van der Waals surface area contributed by atoms with Gasteiger partial charge < -0.3 is 10.2 Å². The average molecular weight is 175 g/mol. The van der Waals surface area contributed by atoms with Crippen molar-refractivity contribution in [1.29, 1.82) is 0 Å². The Morgan fingerprint density at radius 1 is 1.31 bits per heavy atom. The minimum absolute atomic E-state index is 0.348. The Balaban J connectivity index is 2.89. The van der Waals surface area contributed by atoms with Crippen molar-refractivity contribution >= 4 is 11.0 Å². The molecule has 2 rings (SSSR count). The van der Waals surface area contributed by atoms with E-state index in [-0.39, 0.29) is 5.63 Å². The Kier molecular flexibility index (Phi) is 1.87. The van der Waals surface area contributed by atoms with Crippen molar-refractivity contribution in [3.63, 3.8) is 0 Å². The molecule has 1 aromatic heterocycles. The van der Waals surface area contributed by atoms with Crippen LogP contribution in [0.4, 0.5) is 0 Å². The molecule has 0 saturated heterocycles. The average Bonchev–Trinajstić information content (AvgIpc) is 2.16. The SMILES string of the molecule is NCc1cc(=O)oc2ccccc12. The van der Waals surface area contributed by atoms with Gasteiger partial charge in [0.1, 0.15) is 5.58 Å². The van der Waals surface area contributed by atoms with E-state index in [1.807, 2.05) is 18.2 Å². The third-order valence-electron chi connectivity index (χ3n) is 1.96. The van der Waals surface area contributed by atoms with E-state index in [9.17, 15) is 4.79 Å². The maximum Gasteiger partial charge on any atom is 0.336 e. The lowest BCUT2D eigenvalue weighted by Gasteiger charge is -2.00. The fourth-order valence-corrected chi connectivity index (χ4v) is 1.35. The van der Waals surface area contributed by atoms with Gasteiger partial charge in [0, 0.05) is 18.0 Å². The van der Waals surface area contributed by atoms with Crippen LogP contribution in [0, 0.1) is 0 Å². The minimum atomic E-state index is -0.348. The molecule has 2 aromatic rings. The lowest BCUT2D eigenvalue weighted by molar-refractivity contribution is 0.559. The molecule has 0 saturated carbocycles. The topological polar surface area (TPSA) is 56.2 Å². The Bertz CT molecular complexity index is 487. The second-order valence-corrected chi connectivity index (χ2v) is 2.79. The van der Waals surface area contributed by atoms with Crippen LogP contribution in [0.3, 0.4) is 0 Å². The summed E-state index contributed by atoms with van der Waals surface area (Å²) in [5.74, 6) is 0. The Morgan fingerprint density at radius 3 is 2.85 bits per heavy atom. The van der Waals surface area contributed by atoms with Gasteiger partial charge in [0.25, 0.3) is 0 Å². The van der Waals surface area contributed by atoms with Gasteiger partial charge in [-0.15, -0.1) is 0 Å². The van der Waals surface area contributed by atoms with Gasteiger partial charge in [0.15, 0.2) is 0 Å². The number of benzene rings is 1. The first kappa shape index (κ1) is 8.01. The van der Waals surface area contributed by atoms with Crippen molar-refractivity contribution in [2.24, 2.45) is 5.73 Å². The van der Waals surface area contributed by atoms with Crippen molar-refractivity contribution < 1.29 is 4.42 Å². The second-order valence-electron chi connectivity index (χ2n) is 2.79. The molecule has 0 spiro atoms. The van der Waals surface area contributed by atoms with E-state index in [0.717, 1.165) is 10.9 Å². The monoisotopic (exact) mass is 175 g/mol. The fourth-order valence-electron chi connectivity index (χ4n) is 1.35. The Hall–Kier alpha value is -1.61. The van der Waals surface area contributed by atoms with Crippen molar-refractivity contribution in [3.8, 4) is 0 Å². The smallest absolute Gasteiger partial charge is 0.336 e. The number of fused-ring (bicyclic) bond motifs is 1. The summed E-state index contributed by atoms with van der Waals surface area (Å²) in [5.41, 5.74) is 6.58. The van der Waals surface area contributed by atoms with Crippen LogP contribution in [-0.2, 0) is 6.54 Å². The summed E-state index contributed by atoms with van der Waals surface area (Å²) in [6.45, 7) is 0.353. The van der Waals surface area contributed by atoms with Gasteiger partial charge in [-0.2, -0.15) is 0 Å². The van der Waals surface area contributed by atoms with E-state index in [1.165, 1.54) is 6.07 Å². The van der Waals surface area contributed by atoms with Gasteiger partial charge in [-0.05, 0) is 11.6 Å². The first-order valence-electron chi connectivity index (χ1n) is 4.03. The normalized spacial score (nSPS) is 10.5. The third kappa shape index (κ3) is 1.34. The van der Waals surface area contributed by atoms with Crippen LogP contribution in [0.5, 0.6) is 0 Å². The molecule has 2 N–H and O–H groups in total. The van der Waals surface area contributed by atoms with E-state index < -0.39 is 0 Å². The highest BCUT2D eigenvalue weighted by Gasteiger charge is 2.01. The summed E-state index contributed by atoms with van der Waals surface area (Å²) in [5, 5.41) is 0.907. The summed E-state index contributed by atoms with van der Waals surface area (Å²) in [6, 6.07) is 8.80. The molecule has 0 atom stereocenters. The molecule has 1 aromatic carbocycles. The highest BCUT2D eigenvalue weighted by molar-refractivity contribution is 5.79. The van der Waals surface area contributed by atoms with Gasteiger partial charge in [-0.3, -0.25) is 0 Å². The van der Waals surface area contributed by atoms with E-state index in [2.05, 4.69) is 0 Å². The van der Waals surface area contributed by atoms with Gasteiger partial charge in [0.05, 0.1) is 0 Å². The predicted octanol–water partition coefficient (Wildman–Crippen LogP) is 1.25. The van der Waals surface area contributed by atoms with Crippen molar-refractivity contribution in [1.82, 2.24) is 0 Å². The van der Waals surface area contributed by atoms with Crippen molar-refractivity contribution in [3.05, 3.63) is 46.3 Å². The highest BCUT2D eigenvalue weighted by Crippen LogP contribution is 2.15. The number of nitrogens with two attached hydrogens (primary N) is 1. The van der Waals surface area contributed by atoms with Gasteiger partial charge in [-0.25, -0.2) is 4.79 Å². The zero-order chi connectivity index (χ0) is 9.26. The molecule has 0 aliphatic rings. The molecule has 3 nitrogen and oxygen atoms in total. The number of rotatable bonds is 1. The summed E-state index contributed by atoms with van der Waals surface area (Å²) in [6.07, 6.45) is 0. The molecule has 0 radical (unpaired) electrons. The maximum atomic E-state index is 11.0. The van der Waals surface area contributed by atoms with E-state index in [4.69, 9.17) is 10.2 Å². The number of hydrogen-bond donors (Lipinski definition) is 1. The number of para-hydroxylation sites is 1. The molecular formula is C10H9NO2. The quantitative estimate of drug-likeness (QED) is 0.663. The third-order valence-corrected chi connectivity index (χ3v) is 1.96. The van der Waals surface area contributed by atoms with Crippen LogP contribution in [0.2, 0.25) is 0 Å². The predicted molar refractivity (Wildman–Crippen MR) is 50.4 cm³/mol. The Labute approximate surface area is 74.8 Å². The fraction of sp³-hybridized carbons (Fsp3) is 0.100. The van der Waals surface area contributed by atoms with Gasteiger partial charge >= 0.3 is 5.63 Å². The van der Waals surface area contributed by atoms with Crippen molar-refractivity contribution in [2.75, 3.05) is 0 Å². The molecule has 0 unspecified atom stereocenters. The minimum Gasteiger partial charge on any atom is -0.423 e. The molecule has 13 heavy (non-hydrogen) atoms. The molecule has 0 aliphatic carbocycles. The zero-order valence-electron chi connectivity index (χ0n) is 6.99. The maximum absolute atomic E-state index is 11.0. The molecule has 0 amide bonds. The molecular weight excluding hydrogens is 166 g/mol. The van der Waals surface area contributed by atoms with Crippen LogP contribution in [-0.4, -0.2) is 0 Å². The molecule has 0 aliphatic heterocycles. The van der Waals surface area contributed by atoms with Crippen molar-refractivity contribution in [2.45, 2.75) is 6.54 Å². The first-order valence-corrected chi connectivity index (χ1v) is 4.03. The van der Waals surface area contributed by atoms with E-state index in [0.29, 0.717) is 12.1 Å². The molecule has 3 heteroatoms. The number of hydrogen-bond acceptors (Lipinski definition) is 3. The van der Waals surface area contributed by atoms with Crippen LogP contribution >= 0.6 is 0 Å². The van der Waals surface area contributed by atoms with Gasteiger partial charge in [-0.1, -0.05) is 18.2 Å². The van der Waals surface area contributed by atoms with Crippen LogP contribution in [0.1, 0.15) is 5.56 Å². The zero-order valence-corrected chi connectivity index (χ0v) is 6.99. The summed E-state index contributed by atoms with van der Waals surface area (Å²) in [7, 11) is 0. The molecule has 1 heterocycles.